The van der Waals surface area contributed by atoms with E-state index in [1.807, 2.05) is 0 Å². The largest absolute Gasteiger partial charge is 0.496 e. The van der Waals surface area contributed by atoms with Crippen molar-refractivity contribution in [2.24, 2.45) is 0 Å². The van der Waals surface area contributed by atoms with Crippen LogP contribution in [0.3, 0.4) is 0 Å². The number of hydrogen-bond donors (Lipinski definition) is 1. The molecule has 0 spiro atoms. The molecular formula is C12H14F3NO. The molecule has 1 aliphatic rings. The lowest BCUT2D eigenvalue weighted by Crippen LogP contribution is -2.14. The van der Waals surface area contributed by atoms with E-state index in [9.17, 15) is 13.2 Å². The van der Waals surface area contributed by atoms with Gasteiger partial charge in [0.25, 0.3) is 0 Å². The Kier molecular flexibility index (Phi) is 3.28. The second kappa shape index (κ2) is 4.56. The third-order valence-electron chi connectivity index (χ3n) is 3.00. The molecule has 0 unspecified atom stereocenters. The maximum Gasteiger partial charge on any atom is 0.416 e. The van der Waals surface area contributed by atoms with Gasteiger partial charge in [-0.3, -0.25) is 0 Å². The zero-order valence-electron chi connectivity index (χ0n) is 9.47. The van der Waals surface area contributed by atoms with E-state index in [1.165, 1.54) is 13.2 Å². The third kappa shape index (κ3) is 2.54. The first-order valence-corrected chi connectivity index (χ1v) is 5.51. The van der Waals surface area contributed by atoms with Gasteiger partial charge in [0.2, 0.25) is 0 Å². The summed E-state index contributed by atoms with van der Waals surface area (Å²) in [5, 5.41) is 3.24. The lowest BCUT2D eigenvalue weighted by atomic mass is 10.0. The molecular weight excluding hydrogens is 231 g/mol. The second-order valence-corrected chi connectivity index (χ2v) is 4.10. The Bertz CT molecular complexity index is 397. The minimum absolute atomic E-state index is 0.104. The molecule has 0 aliphatic carbocycles. The van der Waals surface area contributed by atoms with Crippen molar-refractivity contribution in [3.05, 3.63) is 29.3 Å². The number of methoxy groups -OCH3 is 1. The minimum Gasteiger partial charge on any atom is -0.496 e. The van der Waals surface area contributed by atoms with E-state index in [0.29, 0.717) is 5.75 Å². The zero-order valence-corrected chi connectivity index (χ0v) is 9.47. The molecule has 1 heterocycles. The number of alkyl halides is 3. The fraction of sp³-hybridized carbons (Fsp3) is 0.500. The molecule has 1 atom stereocenters. The van der Waals surface area contributed by atoms with Crippen molar-refractivity contribution in [1.29, 1.82) is 0 Å². The van der Waals surface area contributed by atoms with Crippen LogP contribution in [-0.2, 0) is 6.18 Å². The zero-order chi connectivity index (χ0) is 12.5. The highest BCUT2D eigenvalue weighted by Gasteiger charge is 2.32. The molecule has 1 N–H and O–H groups in total. The van der Waals surface area contributed by atoms with Gasteiger partial charge in [-0.25, -0.2) is 0 Å². The lowest BCUT2D eigenvalue weighted by molar-refractivity contribution is -0.137. The molecule has 0 radical (unpaired) electrons. The summed E-state index contributed by atoms with van der Waals surface area (Å²) in [6, 6.07) is 3.78. The van der Waals surface area contributed by atoms with E-state index >= 15 is 0 Å². The van der Waals surface area contributed by atoms with Crippen molar-refractivity contribution in [3.8, 4) is 5.75 Å². The maximum absolute atomic E-state index is 12.5. The second-order valence-electron chi connectivity index (χ2n) is 4.10. The molecule has 0 bridgehead atoms. The van der Waals surface area contributed by atoms with Crippen LogP contribution in [0, 0.1) is 0 Å². The van der Waals surface area contributed by atoms with Crippen LogP contribution in [0.25, 0.3) is 0 Å². The monoisotopic (exact) mass is 245 g/mol. The maximum atomic E-state index is 12.5. The predicted octanol–water partition coefficient (Wildman–Crippen LogP) is 3.14. The van der Waals surface area contributed by atoms with E-state index < -0.39 is 11.7 Å². The Labute approximate surface area is 97.8 Å². The molecule has 0 aromatic heterocycles. The summed E-state index contributed by atoms with van der Waals surface area (Å²) < 4.78 is 42.7. The van der Waals surface area contributed by atoms with Gasteiger partial charge in [-0.15, -0.1) is 0 Å². The average molecular weight is 245 g/mol. The molecule has 0 amide bonds. The van der Waals surface area contributed by atoms with Crippen LogP contribution in [0.5, 0.6) is 5.75 Å². The summed E-state index contributed by atoms with van der Waals surface area (Å²) in [4.78, 5) is 0. The van der Waals surface area contributed by atoms with E-state index in [-0.39, 0.29) is 6.04 Å². The normalized spacial score (nSPS) is 20.6. The van der Waals surface area contributed by atoms with Crippen molar-refractivity contribution in [2.75, 3.05) is 13.7 Å². The summed E-state index contributed by atoms with van der Waals surface area (Å²) in [6.45, 7) is 0.898. The van der Waals surface area contributed by atoms with Crippen molar-refractivity contribution in [3.63, 3.8) is 0 Å². The van der Waals surface area contributed by atoms with E-state index in [4.69, 9.17) is 4.74 Å². The molecule has 1 fully saturated rings. The Balaban J connectivity index is 2.34. The molecule has 1 saturated heterocycles. The highest BCUT2D eigenvalue weighted by Crippen LogP contribution is 2.36. The first kappa shape index (κ1) is 12.2. The van der Waals surface area contributed by atoms with Gasteiger partial charge >= 0.3 is 6.18 Å². The van der Waals surface area contributed by atoms with Crippen LogP contribution >= 0.6 is 0 Å². The molecule has 2 nitrogen and oxygen atoms in total. The van der Waals surface area contributed by atoms with E-state index in [1.54, 1.807) is 0 Å². The van der Waals surface area contributed by atoms with Crippen LogP contribution in [0.1, 0.15) is 30.0 Å². The quantitative estimate of drug-likeness (QED) is 0.864. The van der Waals surface area contributed by atoms with Gasteiger partial charge in [0.05, 0.1) is 12.7 Å². The fourth-order valence-corrected chi connectivity index (χ4v) is 2.13. The Morgan fingerprint density at radius 1 is 1.35 bits per heavy atom. The first-order chi connectivity index (χ1) is 8.02. The van der Waals surface area contributed by atoms with Crippen LogP contribution < -0.4 is 10.1 Å². The molecule has 1 aliphatic heterocycles. The van der Waals surface area contributed by atoms with Gasteiger partial charge < -0.3 is 10.1 Å². The SMILES string of the molecule is COc1cc(C(F)(F)F)ccc1[C@H]1CCCN1. The van der Waals surface area contributed by atoms with Crippen molar-refractivity contribution >= 4 is 0 Å². The van der Waals surface area contributed by atoms with Gasteiger partial charge in [-0.2, -0.15) is 13.2 Å². The number of halogens is 3. The Hall–Kier alpha value is -1.23. The van der Waals surface area contributed by atoms with Gasteiger partial charge in [0, 0.05) is 11.6 Å². The summed E-state index contributed by atoms with van der Waals surface area (Å²) in [7, 11) is 1.40. The first-order valence-electron chi connectivity index (χ1n) is 5.51. The van der Waals surface area contributed by atoms with Crippen LogP contribution in [0.2, 0.25) is 0 Å². The van der Waals surface area contributed by atoms with Crippen molar-refractivity contribution in [2.45, 2.75) is 25.1 Å². The smallest absolute Gasteiger partial charge is 0.416 e. The number of benzene rings is 1. The number of nitrogens with one attached hydrogen (secondary N) is 1. The average Bonchev–Trinajstić information content (AvgIpc) is 2.80. The van der Waals surface area contributed by atoms with Crippen molar-refractivity contribution in [1.82, 2.24) is 5.32 Å². The van der Waals surface area contributed by atoms with Crippen molar-refractivity contribution < 1.29 is 17.9 Å². The summed E-state index contributed by atoms with van der Waals surface area (Å²) in [6.07, 6.45) is -2.36. The summed E-state index contributed by atoms with van der Waals surface area (Å²) >= 11 is 0. The molecule has 5 heteroatoms. The molecule has 2 rings (SSSR count). The number of ether oxygens (including phenoxy) is 1. The topological polar surface area (TPSA) is 21.3 Å². The van der Waals surface area contributed by atoms with Gasteiger partial charge in [0.1, 0.15) is 5.75 Å². The van der Waals surface area contributed by atoms with Gasteiger partial charge in [0.15, 0.2) is 0 Å². The Morgan fingerprint density at radius 3 is 2.65 bits per heavy atom. The standard InChI is InChI=1S/C12H14F3NO/c1-17-11-7-8(12(13,14)15)4-5-9(11)10-3-2-6-16-10/h4-5,7,10,16H,2-3,6H2,1H3/t10-/m1/s1. The van der Waals surface area contributed by atoms with Gasteiger partial charge in [-0.1, -0.05) is 6.07 Å². The number of hydrogen-bond acceptors (Lipinski definition) is 2. The fourth-order valence-electron chi connectivity index (χ4n) is 2.13. The minimum atomic E-state index is -4.32. The Morgan fingerprint density at radius 2 is 2.12 bits per heavy atom. The lowest BCUT2D eigenvalue weighted by Gasteiger charge is -2.17. The predicted molar refractivity (Wildman–Crippen MR) is 58.0 cm³/mol. The summed E-state index contributed by atoms with van der Waals surface area (Å²) in [5.74, 6) is 0.305. The molecule has 17 heavy (non-hydrogen) atoms. The number of rotatable bonds is 2. The van der Waals surface area contributed by atoms with Crippen LogP contribution in [-0.4, -0.2) is 13.7 Å². The highest BCUT2D eigenvalue weighted by atomic mass is 19.4. The highest BCUT2D eigenvalue weighted by molar-refractivity contribution is 5.41. The van der Waals surface area contributed by atoms with E-state index in [2.05, 4.69) is 5.32 Å². The van der Waals surface area contributed by atoms with E-state index in [0.717, 1.165) is 37.1 Å². The third-order valence-corrected chi connectivity index (χ3v) is 3.00. The van der Waals surface area contributed by atoms with Gasteiger partial charge in [-0.05, 0) is 31.5 Å². The molecule has 0 saturated carbocycles. The molecule has 1 aromatic carbocycles. The molecule has 94 valence electrons. The van der Waals surface area contributed by atoms with Crippen LogP contribution in [0.15, 0.2) is 18.2 Å². The molecule has 1 aromatic rings. The summed E-state index contributed by atoms with van der Waals surface area (Å²) in [5.41, 5.74) is 0.133. The van der Waals surface area contributed by atoms with Crippen LogP contribution in [0.4, 0.5) is 13.2 Å².